The average molecular weight is 225 g/mol. The summed E-state index contributed by atoms with van der Waals surface area (Å²) in [6.45, 7) is 4.59. The topological polar surface area (TPSA) is 70.2 Å². The van der Waals surface area contributed by atoms with Crippen LogP contribution in [0, 0.1) is 6.92 Å². The molecule has 2 heterocycles. The summed E-state index contributed by atoms with van der Waals surface area (Å²) in [5, 5.41) is 13.4. The van der Waals surface area contributed by atoms with Crippen molar-refractivity contribution in [3.8, 4) is 0 Å². The van der Waals surface area contributed by atoms with E-state index in [9.17, 15) is 5.11 Å². The predicted molar refractivity (Wildman–Crippen MR) is 60.0 cm³/mol. The summed E-state index contributed by atoms with van der Waals surface area (Å²) in [4.78, 5) is 7.23. The molecule has 0 saturated carbocycles. The Kier molecular flexibility index (Phi) is 3.58. The van der Waals surface area contributed by atoms with Crippen LogP contribution in [0.15, 0.2) is 6.33 Å². The summed E-state index contributed by atoms with van der Waals surface area (Å²) < 4.78 is 5.23. The van der Waals surface area contributed by atoms with Crippen LogP contribution in [0.3, 0.4) is 0 Å². The maximum Gasteiger partial charge on any atom is 0.0925 e. The van der Waals surface area contributed by atoms with Crippen LogP contribution in [-0.2, 0) is 11.3 Å². The zero-order valence-electron chi connectivity index (χ0n) is 9.62. The van der Waals surface area contributed by atoms with Crippen molar-refractivity contribution >= 4 is 0 Å². The number of aromatic nitrogens is 2. The number of H-pyrrole nitrogens is 1. The second-order valence-electron chi connectivity index (χ2n) is 4.41. The number of ether oxygens (including phenoxy) is 1. The van der Waals surface area contributed by atoms with Crippen LogP contribution in [0.1, 0.15) is 24.2 Å². The van der Waals surface area contributed by atoms with Crippen LogP contribution < -0.4 is 5.32 Å². The first-order valence-electron chi connectivity index (χ1n) is 5.69. The summed E-state index contributed by atoms with van der Waals surface area (Å²) in [6, 6.07) is 0. The van der Waals surface area contributed by atoms with Crippen LogP contribution in [0.25, 0.3) is 0 Å². The molecule has 1 saturated heterocycles. The smallest absolute Gasteiger partial charge is 0.0925 e. The Morgan fingerprint density at radius 3 is 2.94 bits per heavy atom. The van der Waals surface area contributed by atoms with E-state index in [4.69, 9.17) is 4.74 Å². The van der Waals surface area contributed by atoms with Gasteiger partial charge in [0.25, 0.3) is 0 Å². The number of hydrogen-bond donors (Lipinski definition) is 3. The number of aliphatic hydroxyl groups is 1. The Bertz CT molecular complexity index is 332. The second-order valence-corrected chi connectivity index (χ2v) is 4.41. The monoisotopic (exact) mass is 225 g/mol. The molecule has 0 amide bonds. The number of nitrogens with zero attached hydrogens (tertiary/aromatic N) is 1. The Morgan fingerprint density at radius 1 is 1.56 bits per heavy atom. The highest BCUT2D eigenvalue weighted by Gasteiger charge is 2.29. The molecule has 16 heavy (non-hydrogen) atoms. The van der Waals surface area contributed by atoms with Crippen LogP contribution in [0.5, 0.6) is 0 Å². The van der Waals surface area contributed by atoms with Gasteiger partial charge in [0.2, 0.25) is 0 Å². The summed E-state index contributed by atoms with van der Waals surface area (Å²) in [7, 11) is 0. The van der Waals surface area contributed by atoms with E-state index >= 15 is 0 Å². The van der Waals surface area contributed by atoms with Crippen molar-refractivity contribution in [2.24, 2.45) is 0 Å². The lowest BCUT2D eigenvalue weighted by atomic mass is 9.94. The van der Waals surface area contributed by atoms with Gasteiger partial charge in [-0.1, -0.05) is 0 Å². The van der Waals surface area contributed by atoms with E-state index in [0.717, 1.165) is 11.4 Å². The largest absolute Gasteiger partial charge is 0.388 e. The van der Waals surface area contributed by atoms with E-state index in [0.29, 0.717) is 39.1 Å². The van der Waals surface area contributed by atoms with Crippen molar-refractivity contribution in [3.63, 3.8) is 0 Å². The van der Waals surface area contributed by atoms with Crippen molar-refractivity contribution in [1.82, 2.24) is 15.3 Å². The van der Waals surface area contributed by atoms with Gasteiger partial charge in [0.05, 0.1) is 17.6 Å². The molecule has 0 bridgehead atoms. The number of hydrogen-bond acceptors (Lipinski definition) is 4. The normalized spacial score (nSPS) is 19.9. The Hall–Kier alpha value is -0.910. The highest BCUT2D eigenvalue weighted by molar-refractivity contribution is 5.08. The van der Waals surface area contributed by atoms with Gasteiger partial charge in [-0.2, -0.15) is 0 Å². The molecule has 3 N–H and O–H groups in total. The second kappa shape index (κ2) is 4.95. The maximum absolute atomic E-state index is 10.2. The van der Waals surface area contributed by atoms with Crippen LogP contribution >= 0.6 is 0 Å². The lowest BCUT2D eigenvalue weighted by Crippen LogP contribution is -2.44. The van der Waals surface area contributed by atoms with Crippen molar-refractivity contribution in [1.29, 1.82) is 0 Å². The molecule has 1 fully saturated rings. The Balaban J connectivity index is 1.77. The molecule has 5 heteroatoms. The standard InChI is InChI=1S/C11H19N3O2/c1-9-10(14-8-13-9)6-12-7-11(15)2-4-16-5-3-11/h8,12,15H,2-7H2,1H3,(H,13,14). The first kappa shape index (κ1) is 11.6. The van der Waals surface area contributed by atoms with E-state index in [2.05, 4.69) is 15.3 Å². The van der Waals surface area contributed by atoms with Gasteiger partial charge in [-0.05, 0) is 6.92 Å². The fourth-order valence-corrected chi connectivity index (χ4v) is 1.91. The molecule has 1 aliphatic rings. The first-order valence-corrected chi connectivity index (χ1v) is 5.69. The quantitative estimate of drug-likeness (QED) is 0.691. The SMILES string of the molecule is Cc1[nH]cnc1CNCC1(O)CCOCC1. The summed E-state index contributed by atoms with van der Waals surface area (Å²) in [5.41, 5.74) is 1.48. The number of rotatable bonds is 4. The molecular weight excluding hydrogens is 206 g/mol. The predicted octanol–water partition coefficient (Wildman–Crippen LogP) is 0.349. The fourth-order valence-electron chi connectivity index (χ4n) is 1.91. The lowest BCUT2D eigenvalue weighted by molar-refractivity contribution is -0.0617. The molecular formula is C11H19N3O2. The molecule has 0 radical (unpaired) electrons. The van der Waals surface area contributed by atoms with E-state index in [1.165, 1.54) is 0 Å². The number of imidazole rings is 1. The van der Waals surface area contributed by atoms with E-state index < -0.39 is 5.60 Å². The minimum absolute atomic E-state index is 0.600. The van der Waals surface area contributed by atoms with Crippen LogP contribution in [0.4, 0.5) is 0 Å². The van der Waals surface area contributed by atoms with Gasteiger partial charge in [-0.3, -0.25) is 0 Å². The zero-order valence-corrected chi connectivity index (χ0v) is 9.62. The molecule has 0 aromatic carbocycles. The van der Waals surface area contributed by atoms with E-state index in [1.807, 2.05) is 6.92 Å². The van der Waals surface area contributed by atoms with Crippen LogP contribution in [-0.4, -0.2) is 40.4 Å². The minimum Gasteiger partial charge on any atom is -0.388 e. The summed E-state index contributed by atoms with van der Waals surface area (Å²) >= 11 is 0. The van der Waals surface area contributed by atoms with Crippen LogP contribution in [0.2, 0.25) is 0 Å². The molecule has 0 spiro atoms. The van der Waals surface area contributed by atoms with Gasteiger partial charge in [0.1, 0.15) is 0 Å². The molecule has 0 aliphatic carbocycles. The van der Waals surface area contributed by atoms with Crippen molar-refractivity contribution in [3.05, 3.63) is 17.7 Å². The third-order valence-corrected chi connectivity index (χ3v) is 3.10. The van der Waals surface area contributed by atoms with Gasteiger partial charge < -0.3 is 20.1 Å². The van der Waals surface area contributed by atoms with Gasteiger partial charge in [-0.25, -0.2) is 4.98 Å². The van der Waals surface area contributed by atoms with Gasteiger partial charge in [0, 0.05) is 44.8 Å². The molecule has 0 atom stereocenters. The van der Waals surface area contributed by atoms with E-state index in [-0.39, 0.29) is 0 Å². The molecule has 0 unspecified atom stereocenters. The van der Waals surface area contributed by atoms with Gasteiger partial charge >= 0.3 is 0 Å². The van der Waals surface area contributed by atoms with Gasteiger partial charge in [0.15, 0.2) is 0 Å². The Morgan fingerprint density at radius 2 is 2.31 bits per heavy atom. The minimum atomic E-state index is -0.609. The molecule has 1 aliphatic heterocycles. The first-order chi connectivity index (χ1) is 7.70. The number of aromatic amines is 1. The zero-order chi connectivity index (χ0) is 11.4. The lowest BCUT2D eigenvalue weighted by Gasteiger charge is -2.32. The third-order valence-electron chi connectivity index (χ3n) is 3.10. The third kappa shape index (κ3) is 2.81. The molecule has 1 aromatic rings. The highest BCUT2D eigenvalue weighted by Crippen LogP contribution is 2.19. The number of nitrogens with one attached hydrogen (secondary N) is 2. The maximum atomic E-state index is 10.2. The molecule has 5 nitrogen and oxygen atoms in total. The fraction of sp³-hybridized carbons (Fsp3) is 0.727. The summed E-state index contributed by atoms with van der Waals surface area (Å²) in [5.74, 6) is 0. The Labute approximate surface area is 95.2 Å². The van der Waals surface area contributed by atoms with Crippen molar-refractivity contribution in [2.45, 2.75) is 31.9 Å². The highest BCUT2D eigenvalue weighted by atomic mass is 16.5. The average Bonchev–Trinajstić information content (AvgIpc) is 2.65. The number of aryl methyl sites for hydroxylation is 1. The summed E-state index contributed by atoms with van der Waals surface area (Å²) in [6.07, 6.45) is 3.11. The van der Waals surface area contributed by atoms with Crippen molar-refractivity contribution < 1.29 is 9.84 Å². The molecule has 2 rings (SSSR count). The molecule has 1 aromatic heterocycles. The van der Waals surface area contributed by atoms with E-state index in [1.54, 1.807) is 6.33 Å². The van der Waals surface area contributed by atoms with Gasteiger partial charge in [-0.15, -0.1) is 0 Å². The van der Waals surface area contributed by atoms with Crippen molar-refractivity contribution in [2.75, 3.05) is 19.8 Å². The molecule has 90 valence electrons.